The van der Waals surface area contributed by atoms with Crippen molar-refractivity contribution in [3.63, 3.8) is 0 Å². The minimum absolute atomic E-state index is 0.346. The second-order valence-electron chi connectivity index (χ2n) is 5.46. The van der Waals surface area contributed by atoms with Crippen molar-refractivity contribution in [2.45, 2.75) is 41.9 Å². The molecule has 24 heavy (non-hydrogen) atoms. The van der Waals surface area contributed by atoms with Crippen LogP contribution in [0.5, 0.6) is 0 Å². The maximum absolute atomic E-state index is 11.2. The molecule has 1 aromatic carbocycles. The van der Waals surface area contributed by atoms with Crippen LogP contribution in [-0.4, -0.2) is 43.5 Å². The van der Waals surface area contributed by atoms with Gasteiger partial charge in [0.1, 0.15) is 0 Å². The van der Waals surface area contributed by atoms with E-state index < -0.39 is 23.3 Å². The third-order valence-corrected chi connectivity index (χ3v) is 5.15. The zero-order valence-corrected chi connectivity index (χ0v) is 13.4. The molecule has 2 atom stereocenters. The number of hydrogen-bond acceptors (Lipinski definition) is 6. The standard InChI is InChI=1S/C15H16N2O6S/c18-13(19)22-11-7-3-4-8-15(11,23-14(20)21)24-12-16-9-5-1-2-6-10(9)17-12/h1-2,5-6,11H,3-4,7-8H2,(H,16,17)(H,18,19)(H,20,21). The number of hydrogen-bond donors (Lipinski definition) is 3. The van der Waals surface area contributed by atoms with E-state index in [-0.39, 0.29) is 0 Å². The van der Waals surface area contributed by atoms with E-state index in [1.54, 1.807) is 0 Å². The average molecular weight is 352 g/mol. The zero-order valence-electron chi connectivity index (χ0n) is 12.6. The number of aromatic amines is 1. The normalized spacial score (nSPS) is 23.8. The fourth-order valence-corrected chi connectivity index (χ4v) is 4.18. The topological polar surface area (TPSA) is 122 Å². The highest BCUT2D eigenvalue weighted by atomic mass is 32.2. The first-order chi connectivity index (χ1) is 11.5. The monoisotopic (exact) mass is 352 g/mol. The Bertz CT molecular complexity index is 730. The highest BCUT2D eigenvalue weighted by molar-refractivity contribution is 8.00. The Morgan fingerprint density at radius 2 is 2.04 bits per heavy atom. The van der Waals surface area contributed by atoms with Crippen molar-refractivity contribution in [1.29, 1.82) is 0 Å². The second-order valence-corrected chi connectivity index (χ2v) is 6.74. The van der Waals surface area contributed by atoms with Crippen molar-refractivity contribution in [2.24, 2.45) is 0 Å². The van der Waals surface area contributed by atoms with Gasteiger partial charge in [-0.1, -0.05) is 12.1 Å². The lowest BCUT2D eigenvalue weighted by Crippen LogP contribution is -2.48. The first-order valence-corrected chi connectivity index (χ1v) is 8.25. The van der Waals surface area contributed by atoms with Gasteiger partial charge in [0.25, 0.3) is 0 Å². The van der Waals surface area contributed by atoms with E-state index in [0.717, 1.165) is 29.2 Å². The number of carboxylic acid groups (broad SMARTS) is 2. The molecule has 1 saturated carbocycles. The van der Waals surface area contributed by atoms with Gasteiger partial charge >= 0.3 is 12.3 Å². The lowest BCUT2D eigenvalue weighted by atomic mass is 9.94. The first kappa shape index (κ1) is 16.4. The van der Waals surface area contributed by atoms with Gasteiger partial charge in [0.05, 0.1) is 11.0 Å². The fourth-order valence-electron chi connectivity index (χ4n) is 2.90. The number of nitrogens with one attached hydrogen (secondary N) is 1. The maximum atomic E-state index is 11.2. The number of nitrogens with zero attached hydrogens (tertiary/aromatic N) is 1. The minimum atomic E-state index is -1.47. The van der Waals surface area contributed by atoms with Gasteiger partial charge in [-0.05, 0) is 43.2 Å². The summed E-state index contributed by atoms with van der Waals surface area (Å²) in [5, 5.41) is 18.5. The molecule has 0 saturated heterocycles. The quantitative estimate of drug-likeness (QED) is 0.562. The molecule has 2 unspecified atom stereocenters. The van der Waals surface area contributed by atoms with Gasteiger partial charge in [0, 0.05) is 6.42 Å². The Kier molecular flexibility index (Phi) is 4.52. The molecule has 1 aromatic heterocycles. The number of para-hydroxylation sites is 2. The molecule has 3 N–H and O–H groups in total. The minimum Gasteiger partial charge on any atom is -0.450 e. The van der Waals surface area contributed by atoms with Crippen LogP contribution in [0.25, 0.3) is 11.0 Å². The van der Waals surface area contributed by atoms with Crippen molar-refractivity contribution in [3.05, 3.63) is 24.3 Å². The van der Waals surface area contributed by atoms with E-state index in [2.05, 4.69) is 9.97 Å². The molecule has 0 aliphatic heterocycles. The van der Waals surface area contributed by atoms with Crippen LogP contribution in [0.15, 0.2) is 29.4 Å². The summed E-state index contributed by atoms with van der Waals surface area (Å²) >= 11 is 1.06. The van der Waals surface area contributed by atoms with Crippen LogP contribution in [0.4, 0.5) is 9.59 Å². The summed E-state index contributed by atoms with van der Waals surface area (Å²) in [7, 11) is 0. The van der Waals surface area contributed by atoms with E-state index >= 15 is 0 Å². The number of H-pyrrole nitrogens is 1. The lowest BCUT2D eigenvalue weighted by Gasteiger charge is -2.39. The summed E-state index contributed by atoms with van der Waals surface area (Å²) in [5.41, 5.74) is 1.54. The molecule has 3 rings (SSSR count). The van der Waals surface area contributed by atoms with Gasteiger partial charge in [0.2, 0.25) is 4.93 Å². The zero-order chi connectivity index (χ0) is 17.2. The number of imidazole rings is 1. The molecule has 1 fully saturated rings. The molecule has 0 amide bonds. The lowest BCUT2D eigenvalue weighted by molar-refractivity contribution is -0.0763. The average Bonchev–Trinajstić information content (AvgIpc) is 2.90. The van der Waals surface area contributed by atoms with Crippen LogP contribution < -0.4 is 0 Å². The van der Waals surface area contributed by atoms with Crippen molar-refractivity contribution in [1.82, 2.24) is 9.97 Å². The molecule has 1 aliphatic rings. The molecule has 128 valence electrons. The van der Waals surface area contributed by atoms with Crippen molar-refractivity contribution < 1.29 is 29.3 Å². The van der Waals surface area contributed by atoms with Crippen LogP contribution >= 0.6 is 11.8 Å². The molecule has 1 heterocycles. The molecule has 0 bridgehead atoms. The molecular weight excluding hydrogens is 336 g/mol. The Balaban J connectivity index is 1.94. The molecular formula is C15H16N2O6S. The van der Waals surface area contributed by atoms with Crippen molar-refractivity contribution >= 4 is 35.1 Å². The number of thioether (sulfide) groups is 1. The van der Waals surface area contributed by atoms with Crippen LogP contribution in [0.3, 0.4) is 0 Å². The Labute approximate surface area is 141 Å². The van der Waals surface area contributed by atoms with Crippen LogP contribution in [0, 0.1) is 0 Å². The maximum Gasteiger partial charge on any atom is 0.507 e. The molecule has 1 aliphatic carbocycles. The summed E-state index contributed by atoms with van der Waals surface area (Å²) in [6.45, 7) is 0. The number of carbonyl (C=O) groups is 2. The van der Waals surface area contributed by atoms with Crippen LogP contribution in [0.2, 0.25) is 0 Å². The van der Waals surface area contributed by atoms with Gasteiger partial charge < -0.3 is 24.7 Å². The number of ether oxygens (including phenoxy) is 2. The number of aromatic nitrogens is 2. The highest BCUT2D eigenvalue weighted by Gasteiger charge is 2.49. The number of fused-ring (bicyclic) bond motifs is 1. The summed E-state index contributed by atoms with van der Waals surface area (Å²) in [6.07, 6.45) is -1.63. The third-order valence-electron chi connectivity index (χ3n) is 3.87. The molecule has 9 heteroatoms. The fraction of sp³-hybridized carbons (Fsp3) is 0.400. The molecule has 0 spiro atoms. The third kappa shape index (κ3) is 3.40. The Morgan fingerprint density at radius 1 is 1.25 bits per heavy atom. The number of benzene rings is 1. The molecule has 0 radical (unpaired) electrons. The Morgan fingerprint density at radius 3 is 2.75 bits per heavy atom. The predicted molar refractivity (Wildman–Crippen MR) is 85.2 cm³/mol. The van der Waals surface area contributed by atoms with Gasteiger partial charge in [-0.25, -0.2) is 14.6 Å². The smallest absolute Gasteiger partial charge is 0.450 e. The largest absolute Gasteiger partial charge is 0.507 e. The second kappa shape index (κ2) is 6.60. The SMILES string of the molecule is O=C(O)OC1CCCCC1(OC(=O)O)Sc1nc2ccccc2[nH]1. The molecule has 2 aromatic rings. The van der Waals surface area contributed by atoms with Crippen LogP contribution in [0.1, 0.15) is 25.7 Å². The van der Waals surface area contributed by atoms with E-state index in [4.69, 9.17) is 19.7 Å². The molecule has 8 nitrogen and oxygen atoms in total. The van der Waals surface area contributed by atoms with E-state index in [1.165, 1.54) is 0 Å². The van der Waals surface area contributed by atoms with Crippen molar-refractivity contribution in [2.75, 3.05) is 0 Å². The van der Waals surface area contributed by atoms with E-state index in [9.17, 15) is 9.59 Å². The summed E-state index contributed by atoms with van der Waals surface area (Å²) in [5.74, 6) is 0. The van der Waals surface area contributed by atoms with Gasteiger partial charge in [-0.2, -0.15) is 0 Å². The van der Waals surface area contributed by atoms with E-state index in [0.29, 0.717) is 24.4 Å². The first-order valence-electron chi connectivity index (χ1n) is 7.44. The summed E-state index contributed by atoms with van der Waals surface area (Å²) < 4.78 is 10.0. The highest BCUT2D eigenvalue weighted by Crippen LogP contribution is 2.46. The summed E-state index contributed by atoms with van der Waals surface area (Å²) in [4.78, 5) is 28.3. The van der Waals surface area contributed by atoms with Gasteiger partial charge in [0.15, 0.2) is 11.3 Å². The Hall–Kier alpha value is -2.42. The van der Waals surface area contributed by atoms with E-state index in [1.807, 2.05) is 24.3 Å². The van der Waals surface area contributed by atoms with Crippen molar-refractivity contribution in [3.8, 4) is 0 Å². The van der Waals surface area contributed by atoms with Crippen LogP contribution in [-0.2, 0) is 9.47 Å². The van der Waals surface area contributed by atoms with Gasteiger partial charge in [-0.15, -0.1) is 0 Å². The summed E-state index contributed by atoms with van der Waals surface area (Å²) in [6, 6.07) is 7.38. The predicted octanol–water partition coefficient (Wildman–Crippen LogP) is 3.68. The van der Waals surface area contributed by atoms with Gasteiger partial charge in [-0.3, -0.25) is 0 Å². The number of rotatable bonds is 4.